The van der Waals surface area contributed by atoms with Crippen LogP contribution in [0.2, 0.25) is 0 Å². The van der Waals surface area contributed by atoms with Gasteiger partial charge in [0.1, 0.15) is 5.75 Å². The number of piperidine rings is 1. The van der Waals surface area contributed by atoms with Gasteiger partial charge < -0.3 is 10.1 Å². The molecule has 6 heteroatoms. The number of benzene rings is 1. The third-order valence-electron chi connectivity index (χ3n) is 4.48. The van der Waals surface area contributed by atoms with Gasteiger partial charge in [0, 0.05) is 5.92 Å². The maximum atomic E-state index is 12.5. The lowest BCUT2D eigenvalue weighted by Crippen LogP contribution is -2.30. The fraction of sp³-hybridized carbons (Fsp3) is 0.533. The highest BCUT2D eigenvalue weighted by molar-refractivity contribution is 6.02. The van der Waals surface area contributed by atoms with Gasteiger partial charge in [-0.2, -0.15) is 0 Å². The Hall–Kier alpha value is -1.56. The number of hydrogen-bond donors (Lipinski definition) is 1. The molecule has 1 aromatic carbocycles. The van der Waals surface area contributed by atoms with Crippen LogP contribution in [0.4, 0.5) is 13.2 Å². The Morgan fingerprint density at radius 1 is 1.24 bits per heavy atom. The van der Waals surface area contributed by atoms with Gasteiger partial charge in [-0.1, -0.05) is 12.1 Å². The topological polar surface area (TPSA) is 38.3 Å². The second-order valence-corrected chi connectivity index (χ2v) is 5.78. The summed E-state index contributed by atoms with van der Waals surface area (Å²) in [7, 11) is 0. The van der Waals surface area contributed by atoms with E-state index in [4.69, 9.17) is 0 Å². The molecule has 1 atom stereocenters. The van der Waals surface area contributed by atoms with Gasteiger partial charge in [0.05, 0.1) is 5.56 Å². The number of para-hydroxylation sites is 1. The Morgan fingerprint density at radius 2 is 1.90 bits per heavy atom. The Balaban J connectivity index is 1.80. The van der Waals surface area contributed by atoms with Crippen molar-refractivity contribution in [1.82, 2.24) is 5.32 Å². The zero-order valence-corrected chi connectivity index (χ0v) is 11.4. The maximum absolute atomic E-state index is 12.5. The molecule has 0 aromatic heterocycles. The molecule has 0 amide bonds. The first-order valence-corrected chi connectivity index (χ1v) is 7.01. The summed E-state index contributed by atoms with van der Waals surface area (Å²) in [5.41, 5.74) is 0.0310. The van der Waals surface area contributed by atoms with Crippen LogP contribution in [0.1, 0.15) is 29.6 Å². The summed E-state index contributed by atoms with van der Waals surface area (Å²) in [6.07, 6.45) is -2.20. The number of ketones is 1. The number of rotatable bonds is 3. The second kappa shape index (κ2) is 5.02. The van der Waals surface area contributed by atoms with Crippen molar-refractivity contribution < 1.29 is 22.7 Å². The molecule has 1 spiro atoms. The van der Waals surface area contributed by atoms with E-state index in [1.807, 2.05) is 0 Å². The average Bonchev–Trinajstić information content (AvgIpc) is 3.11. The predicted molar refractivity (Wildman–Crippen MR) is 70.1 cm³/mol. The van der Waals surface area contributed by atoms with Gasteiger partial charge in [0.25, 0.3) is 0 Å². The van der Waals surface area contributed by atoms with E-state index in [2.05, 4.69) is 10.1 Å². The van der Waals surface area contributed by atoms with E-state index in [0.717, 1.165) is 32.4 Å². The lowest BCUT2D eigenvalue weighted by atomic mass is 9.89. The number of carbonyl (C=O) groups is 1. The smallest absolute Gasteiger partial charge is 0.405 e. The van der Waals surface area contributed by atoms with Crippen molar-refractivity contribution in [3.8, 4) is 5.75 Å². The molecule has 1 N–H and O–H groups in total. The van der Waals surface area contributed by atoms with E-state index in [-0.39, 0.29) is 22.7 Å². The monoisotopic (exact) mass is 299 g/mol. The van der Waals surface area contributed by atoms with E-state index < -0.39 is 12.1 Å². The molecule has 1 aliphatic carbocycles. The van der Waals surface area contributed by atoms with Crippen molar-refractivity contribution in [2.45, 2.75) is 25.6 Å². The lowest BCUT2D eigenvalue weighted by molar-refractivity contribution is -0.274. The molecule has 2 aliphatic rings. The SMILES string of the molecule is O=C(c1ccccc1OC(F)(F)F)C1CC12CCNCC2. The molecule has 1 saturated heterocycles. The van der Waals surface area contributed by atoms with Crippen LogP contribution in [0, 0.1) is 11.3 Å². The van der Waals surface area contributed by atoms with E-state index >= 15 is 0 Å². The van der Waals surface area contributed by atoms with Gasteiger partial charge in [-0.05, 0) is 49.9 Å². The van der Waals surface area contributed by atoms with Crippen LogP contribution in [-0.2, 0) is 0 Å². The van der Waals surface area contributed by atoms with Crippen LogP contribution in [0.25, 0.3) is 0 Å². The fourth-order valence-electron chi connectivity index (χ4n) is 3.27. The number of halogens is 3. The summed E-state index contributed by atoms with van der Waals surface area (Å²) in [6, 6.07) is 5.60. The summed E-state index contributed by atoms with van der Waals surface area (Å²) in [5, 5.41) is 3.24. The highest BCUT2D eigenvalue weighted by Gasteiger charge is 2.57. The summed E-state index contributed by atoms with van der Waals surface area (Å²) >= 11 is 0. The van der Waals surface area contributed by atoms with Crippen molar-refractivity contribution in [2.75, 3.05) is 13.1 Å². The fourth-order valence-corrected chi connectivity index (χ4v) is 3.27. The summed E-state index contributed by atoms with van der Waals surface area (Å²) < 4.78 is 41.2. The highest BCUT2D eigenvalue weighted by atomic mass is 19.4. The molecular weight excluding hydrogens is 283 g/mol. The maximum Gasteiger partial charge on any atom is 0.573 e. The summed E-state index contributed by atoms with van der Waals surface area (Å²) in [4.78, 5) is 12.5. The minimum absolute atomic E-state index is 0.00627. The first kappa shape index (κ1) is 14.4. The molecular formula is C15H16F3NO2. The van der Waals surface area contributed by atoms with Crippen molar-refractivity contribution in [2.24, 2.45) is 11.3 Å². The number of alkyl halides is 3. The molecule has 3 nitrogen and oxygen atoms in total. The number of carbonyl (C=O) groups excluding carboxylic acids is 1. The van der Waals surface area contributed by atoms with Crippen molar-refractivity contribution in [1.29, 1.82) is 0 Å². The largest absolute Gasteiger partial charge is 0.573 e. The molecule has 114 valence electrons. The Labute approximate surface area is 120 Å². The third kappa shape index (κ3) is 2.90. The lowest BCUT2D eigenvalue weighted by Gasteiger charge is -2.23. The van der Waals surface area contributed by atoms with Crippen LogP contribution in [-0.4, -0.2) is 25.2 Å². The van der Waals surface area contributed by atoms with Crippen LogP contribution in [0.3, 0.4) is 0 Å². The second-order valence-electron chi connectivity index (χ2n) is 5.78. The molecule has 1 heterocycles. The number of nitrogens with one attached hydrogen (secondary N) is 1. The molecule has 21 heavy (non-hydrogen) atoms. The van der Waals surface area contributed by atoms with Crippen LogP contribution in [0.5, 0.6) is 5.75 Å². The van der Waals surface area contributed by atoms with Gasteiger partial charge in [-0.25, -0.2) is 0 Å². The number of Topliss-reactive ketones (excluding diaryl/α,β-unsaturated/α-hetero) is 1. The Morgan fingerprint density at radius 3 is 2.57 bits per heavy atom. The van der Waals surface area contributed by atoms with E-state index in [0.29, 0.717) is 0 Å². The van der Waals surface area contributed by atoms with Gasteiger partial charge in [-0.3, -0.25) is 4.79 Å². The van der Waals surface area contributed by atoms with Gasteiger partial charge >= 0.3 is 6.36 Å². The Bertz CT molecular complexity index is 550. The normalized spacial score (nSPS) is 23.9. The van der Waals surface area contributed by atoms with Gasteiger partial charge in [0.15, 0.2) is 5.78 Å². The van der Waals surface area contributed by atoms with E-state index in [9.17, 15) is 18.0 Å². The standard InChI is InChI=1S/C15H16F3NO2/c16-15(17,18)21-12-4-2-1-3-10(12)13(20)11-9-14(11)5-7-19-8-6-14/h1-4,11,19H,5-9H2. The third-order valence-corrected chi connectivity index (χ3v) is 4.48. The molecule has 2 fully saturated rings. The summed E-state index contributed by atoms with van der Waals surface area (Å²) in [5.74, 6) is -0.791. The average molecular weight is 299 g/mol. The van der Waals surface area contributed by atoms with E-state index in [1.165, 1.54) is 18.2 Å². The zero-order valence-electron chi connectivity index (χ0n) is 11.4. The van der Waals surface area contributed by atoms with Crippen LogP contribution in [0.15, 0.2) is 24.3 Å². The quantitative estimate of drug-likeness (QED) is 0.871. The van der Waals surface area contributed by atoms with Crippen LogP contribution >= 0.6 is 0 Å². The first-order valence-electron chi connectivity index (χ1n) is 7.01. The minimum atomic E-state index is -4.79. The first-order chi connectivity index (χ1) is 9.91. The molecule has 0 bridgehead atoms. The highest BCUT2D eigenvalue weighted by Crippen LogP contribution is 2.60. The molecule has 1 aromatic rings. The van der Waals surface area contributed by atoms with Crippen molar-refractivity contribution in [3.05, 3.63) is 29.8 Å². The van der Waals surface area contributed by atoms with Gasteiger partial charge in [0.2, 0.25) is 0 Å². The predicted octanol–water partition coefficient (Wildman–Crippen LogP) is 3.16. The molecule has 0 radical (unpaired) electrons. The molecule has 3 rings (SSSR count). The van der Waals surface area contributed by atoms with E-state index in [1.54, 1.807) is 6.07 Å². The van der Waals surface area contributed by atoms with Crippen molar-refractivity contribution in [3.63, 3.8) is 0 Å². The number of ether oxygens (including phenoxy) is 1. The minimum Gasteiger partial charge on any atom is -0.405 e. The molecule has 1 saturated carbocycles. The van der Waals surface area contributed by atoms with Gasteiger partial charge in [-0.15, -0.1) is 13.2 Å². The van der Waals surface area contributed by atoms with Crippen LogP contribution < -0.4 is 10.1 Å². The summed E-state index contributed by atoms with van der Waals surface area (Å²) in [6.45, 7) is 1.73. The Kier molecular flexibility index (Phi) is 3.43. The number of hydrogen-bond acceptors (Lipinski definition) is 3. The van der Waals surface area contributed by atoms with Crippen molar-refractivity contribution >= 4 is 5.78 Å². The molecule has 1 aliphatic heterocycles. The molecule has 1 unspecified atom stereocenters. The zero-order chi connectivity index (χ0) is 15.1.